The number of hydrogen-bond donors (Lipinski definition) is 8. The first-order chi connectivity index (χ1) is 19.6. The number of benzene rings is 3. The maximum Gasteiger partial charge on any atom is 0.330 e. The maximum absolute atomic E-state index is 12.3. The van der Waals surface area contributed by atoms with E-state index in [1.165, 1.54) is 42.5 Å². The summed E-state index contributed by atoms with van der Waals surface area (Å²) in [5.74, 6) is -3.45. The molecule has 0 radical (unpaired) electrons. The highest BCUT2D eigenvalue weighted by Gasteiger charge is 2.50. The molecule has 0 aromatic heterocycles. The van der Waals surface area contributed by atoms with Crippen LogP contribution in [0.4, 0.5) is 0 Å². The van der Waals surface area contributed by atoms with Crippen LogP contribution < -0.4 is 4.74 Å². The first kappa shape index (κ1) is 28.2. The number of aromatic hydroxyl groups is 4. The van der Waals surface area contributed by atoms with Crippen LogP contribution in [0.25, 0.3) is 6.08 Å². The van der Waals surface area contributed by atoms with Crippen LogP contribution in [0.15, 0.2) is 54.6 Å². The van der Waals surface area contributed by atoms with Crippen molar-refractivity contribution in [3.63, 3.8) is 0 Å². The molecule has 0 saturated carbocycles. The van der Waals surface area contributed by atoms with Gasteiger partial charge in [-0.2, -0.15) is 0 Å². The SMILES string of the molecule is O=C(/C=C/c1ccc(O)cc1)OC[C@H]1O[C@H]([C@H]2c3cc(CO)cc(O)c3Oc3c(O)ccc(O)c32)[C@H](O)[C@@H](O)[C@@H]1O. The van der Waals surface area contributed by atoms with Crippen LogP contribution in [0.3, 0.4) is 0 Å². The Morgan fingerprint density at radius 1 is 0.854 bits per heavy atom. The minimum atomic E-state index is -1.78. The van der Waals surface area contributed by atoms with Gasteiger partial charge in [0.1, 0.15) is 42.5 Å². The van der Waals surface area contributed by atoms with Crippen molar-refractivity contribution in [2.24, 2.45) is 0 Å². The Labute approximate surface area is 233 Å². The molecular weight excluding hydrogens is 540 g/mol. The monoisotopic (exact) mass is 568 g/mol. The fraction of sp³-hybridized carbons (Fsp3) is 0.276. The second kappa shape index (κ2) is 11.3. The molecule has 12 nitrogen and oxygen atoms in total. The lowest BCUT2D eigenvalue weighted by Gasteiger charge is -2.45. The topological polar surface area (TPSA) is 207 Å². The van der Waals surface area contributed by atoms with Crippen LogP contribution in [0.2, 0.25) is 0 Å². The highest BCUT2D eigenvalue weighted by Crippen LogP contribution is 2.56. The average Bonchev–Trinajstić information content (AvgIpc) is 2.96. The largest absolute Gasteiger partial charge is 0.508 e. The summed E-state index contributed by atoms with van der Waals surface area (Å²) in [6.07, 6.45) is -5.41. The predicted molar refractivity (Wildman–Crippen MR) is 140 cm³/mol. The minimum absolute atomic E-state index is 0.0350. The molecule has 1 saturated heterocycles. The third-order valence-electron chi connectivity index (χ3n) is 7.12. The van der Waals surface area contributed by atoms with Crippen molar-refractivity contribution in [2.45, 2.75) is 43.0 Å². The van der Waals surface area contributed by atoms with Gasteiger partial charge in [-0.25, -0.2) is 4.79 Å². The molecule has 216 valence electrons. The van der Waals surface area contributed by atoms with Crippen LogP contribution in [-0.4, -0.2) is 83.9 Å². The predicted octanol–water partition coefficient (Wildman–Crippen LogP) is 1.35. The third-order valence-corrected chi connectivity index (χ3v) is 7.12. The van der Waals surface area contributed by atoms with Gasteiger partial charge in [0.05, 0.1) is 18.3 Å². The van der Waals surface area contributed by atoms with Crippen molar-refractivity contribution in [1.82, 2.24) is 0 Å². The zero-order valence-electron chi connectivity index (χ0n) is 21.4. The van der Waals surface area contributed by atoms with Crippen LogP contribution in [0, 0.1) is 0 Å². The molecule has 0 unspecified atom stereocenters. The fourth-order valence-electron chi connectivity index (χ4n) is 5.07. The second-order valence-electron chi connectivity index (χ2n) is 9.78. The van der Waals surface area contributed by atoms with Gasteiger partial charge in [0.25, 0.3) is 0 Å². The lowest BCUT2D eigenvalue weighted by Crippen LogP contribution is -2.60. The van der Waals surface area contributed by atoms with E-state index in [1.807, 2.05) is 0 Å². The van der Waals surface area contributed by atoms with Crippen molar-refractivity contribution < 1.29 is 59.9 Å². The van der Waals surface area contributed by atoms with E-state index in [2.05, 4.69) is 0 Å². The van der Waals surface area contributed by atoms with Crippen LogP contribution >= 0.6 is 0 Å². The number of hydrogen-bond acceptors (Lipinski definition) is 12. The summed E-state index contributed by atoms with van der Waals surface area (Å²) in [5.41, 5.74) is 0.988. The lowest BCUT2D eigenvalue weighted by atomic mass is 9.77. The summed E-state index contributed by atoms with van der Waals surface area (Å²) < 4.78 is 16.9. The van der Waals surface area contributed by atoms with Crippen LogP contribution in [-0.2, 0) is 20.9 Å². The number of aliphatic hydroxyl groups is 4. The van der Waals surface area contributed by atoms with Crippen LogP contribution in [0.5, 0.6) is 34.5 Å². The zero-order chi connectivity index (χ0) is 29.4. The molecular formula is C29H28O12. The average molecular weight is 569 g/mol. The van der Waals surface area contributed by atoms with E-state index >= 15 is 0 Å². The van der Waals surface area contributed by atoms with E-state index < -0.39 is 67.1 Å². The van der Waals surface area contributed by atoms with Gasteiger partial charge >= 0.3 is 5.97 Å². The number of ether oxygens (including phenoxy) is 3. The Morgan fingerprint density at radius 3 is 2.27 bits per heavy atom. The summed E-state index contributed by atoms with van der Waals surface area (Å²) in [6, 6.07) is 11.1. The van der Waals surface area contributed by atoms with Gasteiger partial charge in [-0.1, -0.05) is 12.1 Å². The molecule has 0 bridgehead atoms. The molecule has 2 aliphatic rings. The summed E-state index contributed by atoms with van der Waals surface area (Å²) in [5, 5.41) is 83.4. The molecule has 0 aliphatic carbocycles. The van der Waals surface area contributed by atoms with Gasteiger partial charge in [0.2, 0.25) is 0 Å². The Kier molecular flexibility index (Phi) is 7.76. The first-order valence-electron chi connectivity index (χ1n) is 12.6. The van der Waals surface area contributed by atoms with Crippen LogP contribution in [0.1, 0.15) is 28.2 Å². The van der Waals surface area contributed by atoms with E-state index in [-0.39, 0.29) is 39.7 Å². The standard InChI is InChI=1S/C29H28O12/c30-11-14-9-16-22(23-17(32)6-7-18(33)28(23)41-27(16)19(34)10-14)29-26(38)25(37)24(36)20(40-29)12-39-21(35)8-3-13-1-4-15(31)5-2-13/h1-10,20,22,24-26,29-34,36-38H,11-12H2/b8-3+/t20-,22+,24-,25+,26-,29-/m1/s1. The molecule has 0 spiro atoms. The summed E-state index contributed by atoms with van der Waals surface area (Å²) in [6.45, 7) is -1.00. The number of aliphatic hydroxyl groups excluding tert-OH is 4. The van der Waals surface area contributed by atoms with Crippen molar-refractivity contribution in [3.8, 4) is 34.5 Å². The van der Waals surface area contributed by atoms with E-state index in [0.29, 0.717) is 5.56 Å². The van der Waals surface area contributed by atoms with Gasteiger partial charge < -0.3 is 55.1 Å². The summed E-state index contributed by atoms with van der Waals surface area (Å²) in [4.78, 5) is 12.3. The molecule has 3 aromatic carbocycles. The van der Waals surface area contributed by atoms with E-state index in [4.69, 9.17) is 14.2 Å². The number of carbonyl (C=O) groups excluding carboxylic acids is 1. The third kappa shape index (κ3) is 5.38. The first-order valence-corrected chi connectivity index (χ1v) is 12.6. The Morgan fingerprint density at radius 2 is 1.56 bits per heavy atom. The Balaban J connectivity index is 1.45. The van der Waals surface area contributed by atoms with Crippen molar-refractivity contribution >= 4 is 12.0 Å². The van der Waals surface area contributed by atoms with Gasteiger partial charge in [-0.05, 0) is 53.6 Å². The number of rotatable bonds is 6. The number of phenolic OH excluding ortho intramolecular Hbond substituents is 4. The molecule has 1 fully saturated rings. The second-order valence-corrected chi connectivity index (χ2v) is 9.78. The molecule has 2 aliphatic heterocycles. The smallest absolute Gasteiger partial charge is 0.330 e. The molecule has 0 amide bonds. The Bertz CT molecular complexity index is 1470. The van der Waals surface area contributed by atoms with Gasteiger partial charge in [-0.15, -0.1) is 0 Å². The summed E-state index contributed by atoms with van der Waals surface area (Å²) >= 11 is 0. The number of fused-ring (bicyclic) bond motifs is 2. The molecule has 3 aromatic rings. The molecule has 2 heterocycles. The van der Waals surface area contributed by atoms with Gasteiger partial charge in [0.15, 0.2) is 23.0 Å². The molecule has 12 heteroatoms. The number of esters is 1. The number of phenols is 4. The summed E-state index contributed by atoms with van der Waals surface area (Å²) in [7, 11) is 0. The minimum Gasteiger partial charge on any atom is -0.508 e. The Hall–Kier alpha value is -4.33. The van der Waals surface area contributed by atoms with Crippen molar-refractivity contribution in [1.29, 1.82) is 0 Å². The molecule has 5 rings (SSSR count). The van der Waals surface area contributed by atoms with Crippen molar-refractivity contribution in [3.05, 3.63) is 76.9 Å². The van der Waals surface area contributed by atoms with E-state index in [0.717, 1.165) is 6.08 Å². The molecule has 41 heavy (non-hydrogen) atoms. The maximum atomic E-state index is 12.3. The van der Waals surface area contributed by atoms with Gasteiger partial charge in [-0.3, -0.25) is 0 Å². The molecule has 8 N–H and O–H groups in total. The highest BCUT2D eigenvalue weighted by molar-refractivity contribution is 5.87. The zero-order valence-corrected chi connectivity index (χ0v) is 21.4. The van der Waals surface area contributed by atoms with E-state index in [9.17, 15) is 45.6 Å². The lowest BCUT2D eigenvalue weighted by molar-refractivity contribution is -0.234. The fourth-order valence-corrected chi connectivity index (χ4v) is 5.07. The van der Waals surface area contributed by atoms with Gasteiger partial charge in [0, 0.05) is 17.6 Å². The number of carbonyl (C=O) groups is 1. The van der Waals surface area contributed by atoms with Crippen molar-refractivity contribution in [2.75, 3.05) is 6.61 Å². The highest BCUT2D eigenvalue weighted by atomic mass is 16.6. The molecule has 6 atom stereocenters. The quantitative estimate of drug-likeness (QED) is 0.120. The van der Waals surface area contributed by atoms with E-state index in [1.54, 1.807) is 12.1 Å². The normalized spacial score (nSPS) is 25.3.